The minimum Gasteiger partial charge on any atom is -0.492 e. The van der Waals surface area contributed by atoms with Gasteiger partial charge in [0.15, 0.2) is 0 Å². The second kappa shape index (κ2) is 9.13. The zero-order valence-corrected chi connectivity index (χ0v) is 16.3. The second-order valence-corrected chi connectivity index (χ2v) is 6.92. The van der Waals surface area contributed by atoms with E-state index in [0.717, 1.165) is 6.07 Å². The Kier molecular flexibility index (Phi) is 6.89. The van der Waals surface area contributed by atoms with Crippen molar-refractivity contribution >= 4 is 33.4 Å². The van der Waals surface area contributed by atoms with E-state index in [0.29, 0.717) is 28.3 Å². The van der Waals surface area contributed by atoms with Crippen molar-refractivity contribution in [2.75, 3.05) is 6.61 Å². The van der Waals surface area contributed by atoms with Gasteiger partial charge in [0.1, 0.15) is 5.75 Å². The molecule has 27 heavy (non-hydrogen) atoms. The summed E-state index contributed by atoms with van der Waals surface area (Å²) in [5, 5.41) is 10.8. The van der Waals surface area contributed by atoms with Crippen LogP contribution in [0.4, 0.5) is 5.69 Å². The summed E-state index contributed by atoms with van der Waals surface area (Å²) in [6.07, 6.45) is 0. The summed E-state index contributed by atoms with van der Waals surface area (Å²) in [7, 11) is 0. The molecule has 0 saturated carbocycles. The fourth-order valence-corrected chi connectivity index (χ4v) is 2.53. The number of halogens is 1. The first kappa shape index (κ1) is 20.4. The number of hydrazine groups is 1. The van der Waals surface area contributed by atoms with Crippen LogP contribution in [0.3, 0.4) is 0 Å². The molecule has 2 N–H and O–H groups in total. The molecule has 8 nitrogen and oxygen atoms in total. The maximum absolute atomic E-state index is 12.2. The van der Waals surface area contributed by atoms with E-state index >= 15 is 0 Å². The van der Waals surface area contributed by atoms with Crippen molar-refractivity contribution in [3.8, 4) is 5.75 Å². The molecule has 0 unspecified atom stereocenters. The highest BCUT2D eigenvalue weighted by Crippen LogP contribution is 2.26. The molecule has 0 aliphatic rings. The standard InChI is InChI=1S/C18H18BrN3O5/c1-11(2)10-27-16-7-6-13(9-15(16)19)18(24)21-20-17(23)12-4-3-5-14(8-12)22(25)26/h3-9,11H,10H2,1-2H3,(H,20,23)(H,21,24). The number of nitrogens with one attached hydrogen (secondary N) is 2. The number of nitro groups is 1. The van der Waals surface area contributed by atoms with E-state index < -0.39 is 16.7 Å². The molecule has 2 rings (SSSR count). The topological polar surface area (TPSA) is 111 Å². The largest absolute Gasteiger partial charge is 0.492 e. The molecule has 142 valence electrons. The number of nitro benzene ring substituents is 1. The minimum atomic E-state index is -0.664. The number of carbonyl (C=O) groups excluding carboxylic acids is 2. The molecule has 0 spiro atoms. The van der Waals surface area contributed by atoms with Crippen LogP contribution in [0.5, 0.6) is 5.75 Å². The van der Waals surface area contributed by atoms with Crippen LogP contribution < -0.4 is 15.6 Å². The van der Waals surface area contributed by atoms with E-state index in [1.165, 1.54) is 18.2 Å². The van der Waals surface area contributed by atoms with E-state index in [4.69, 9.17) is 4.74 Å². The lowest BCUT2D eigenvalue weighted by Crippen LogP contribution is -2.41. The van der Waals surface area contributed by atoms with Gasteiger partial charge in [0.2, 0.25) is 0 Å². The number of hydrogen-bond donors (Lipinski definition) is 2. The van der Waals surface area contributed by atoms with Gasteiger partial charge in [0, 0.05) is 23.3 Å². The van der Waals surface area contributed by atoms with Crippen molar-refractivity contribution in [2.45, 2.75) is 13.8 Å². The molecule has 0 fully saturated rings. The summed E-state index contributed by atoms with van der Waals surface area (Å²) >= 11 is 3.35. The van der Waals surface area contributed by atoms with Gasteiger partial charge in [-0.15, -0.1) is 0 Å². The summed E-state index contributed by atoms with van der Waals surface area (Å²) in [5.41, 5.74) is 4.65. The van der Waals surface area contributed by atoms with Crippen molar-refractivity contribution in [1.82, 2.24) is 10.9 Å². The highest BCUT2D eigenvalue weighted by Gasteiger charge is 2.14. The summed E-state index contributed by atoms with van der Waals surface area (Å²) in [6.45, 7) is 4.60. The Morgan fingerprint density at radius 2 is 1.74 bits per heavy atom. The zero-order chi connectivity index (χ0) is 20.0. The van der Waals surface area contributed by atoms with Gasteiger partial charge in [0.25, 0.3) is 17.5 Å². The number of benzene rings is 2. The first-order valence-corrected chi connectivity index (χ1v) is 8.84. The summed E-state index contributed by atoms with van der Waals surface area (Å²) in [4.78, 5) is 34.4. The molecule has 0 aromatic heterocycles. The molecular formula is C18H18BrN3O5. The van der Waals surface area contributed by atoms with Crippen LogP contribution in [0.15, 0.2) is 46.9 Å². The van der Waals surface area contributed by atoms with E-state index in [1.54, 1.807) is 18.2 Å². The van der Waals surface area contributed by atoms with Gasteiger partial charge in [-0.1, -0.05) is 19.9 Å². The Morgan fingerprint density at radius 3 is 2.30 bits per heavy atom. The van der Waals surface area contributed by atoms with E-state index in [1.807, 2.05) is 13.8 Å². The SMILES string of the molecule is CC(C)COc1ccc(C(=O)NNC(=O)c2cccc([N+](=O)[O-])c2)cc1Br. The predicted molar refractivity (Wildman–Crippen MR) is 103 cm³/mol. The molecule has 0 bridgehead atoms. The first-order valence-electron chi connectivity index (χ1n) is 8.05. The molecule has 2 aromatic carbocycles. The number of carbonyl (C=O) groups is 2. The summed E-state index contributed by atoms with van der Waals surface area (Å²) in [6, 6.07) is 9.99. The molecule has 0 atom stereocenters. The van der Waals surface area contributed by atoms with Crippen molar-refractivity contribution in [3.63, 3.8) is 0 Å². The third kappa shape index (κ3) is 5.78. The lowest BCUT2D eigenvalue weighted by Gasteiger charge is -2.12. The highest BCUT2D eigenvalue weighted by molar-refractivity contribution is 9.10. The number of amides is 2. The van der Waals surface area contributed by atoms with Crippen molar-refractivity contribution in [2.24, 2.45) is 5.92 Å². The van der Waals surface area contributed by atoms with Crippen LogP contribution in [0.1, 0.15) is 34.6 Å². The van der Waals surface area contributed by atoms with Crippen molar-refractivity contribution < 1.29 is 19.2 Å². The van der Waals surface area contributed by atoms with Crippen LogP contribution in [-0.2, 0) is 0 Å². The maximum Gasteiger partial charge on any atom is 0.270 e. The molecule has 0 heterocycles. The lowest BCUT2D eigenvalue weighted by atomic mass is 10.2. The van der Waals surface area contributed by atoms with E-state index in [9.17, 15) is 19.7 Å². The van der Waals surface area contributed by atoms with E-state index in [2.05, 4.69) is 26.8 Å². The molecule has 2 amide bonds. The Labute approximate surface area is 164 Å². The molecular weight excluding hydrogens is 418 g/mol. The number of nitrogens with zero attached hydrogens (tertiary/aromatic N) is 1. The van der Waals surface area contributed by atoms with Crippen LogP contribution in [0, 0.1) is 16.0 Å². The van der Waals surface area contributed by atoms with Gasteiger partial charge in [0.05, 0.1) is 16.0 Å². The molecule has 0 aliphatic carbocycles. The normalized spacial score (nSPS) is 10.4. The molecule has 2 aromatic rings. The lowest BCUT2D eigenvalue weighted by molar-refractivity contribution is -0.384. The summed E-state index contributed by atoms with van der Waals surface area (Å²) < 4.78 is 6.23. The van der Waals surface area contributed by atoms with Gasteiger partial charge in [-0.2, -0.15) is 0 Å². The average Bonchev–Trinajstić information content (AvgIpc) is 2.64. The Hall–Kier alpha value is -2.94. The fraction of sp³-hybridized carbons (Fsp3) is 0.222. The van der Waals surface area contributed by atoms with Gasteiger partial charge in [-0.3, -0.25) is 30.6 Å². The number of rotatable bonds is 6. The predicted octanol–water partition coefficient (Wildman–Crippen LogP) is 3.47. The van der Waals surface area contributed by atoms with Crippen LogP contribution in [-0.4, -0.2) is 23.3 Å². The molecule has 0 radical (unpaired) electrons. The third-order valence-electron chi connectivity index (χ3n) is 3.37. The molecule has 0 saturated heterocycles. The minimum absolute atomic E-state index is 0.0584. The van der Waals surface area contributed by atoms with Crippen LogP contribution in [0.25, 0.3) is 0 Å². The van der Waals surface area contributed by atoms with Crippen molar-refractivity contribution in [1.29, 1.82) is 0 Å². The molecule has 9 heteroatoms. The van der Waals surface area contributed by atoms with Crippen LogP contribution in [0.2, 0.25) is 0 Å². The van der Waals surface area contributed by atoms with E-state index in [-0.39, 0.29) is 11.3 Å². The van der Waals surface area contributed by atoms with Gasteiger partial charge >= 0.3 is 0 Å². The Morgan fingerprint density at radius 1 is 1.11 bits per heavy atom. The monoisotopic (exact) mass is 435 g/mol. The Bertz CT molecular complexity index is 870. The van der Waals surface area contributed by atoms with Crippen molar-refractivity contribution in [3.05, 3.63) is 68.2 Å². The van der Waals surface area contributed by atoms with Gasteiger partial charge in [-0.05, 0) is 46.1 Å². The smallest absolute Gasteiger partial charge is 0.270 e. The number of hydrogen-bond acceptors (Lipinski definition) is 5. The highest BCUT2D eigenvalue weighted by atomic mass is 79.9. The van der Waals surface area contributed by atoms with Gasteiger partial charge in [-0.25, -0.2) is 0 Å². The number of non-ortho nitro benzene ring substituents is 1. The van der Waals surface area contributed by atoms with Crippen LogP contribution >= 0.6 is 15.9 Å². The average molecular weight is 436 g/mol. The second-order valence-electron chi connectivity index (χ2n) is 6.07. The first-order chi connectivity index (χ1) is 12.8. The Balaban J connectivity index is 1.99. The summed E-state index contributed by atoms with van der Waals surface area (Å²) in [5.74, 6) is -0.224. The number of ether oxygens (including phenoxy) is 1. The maximum atomic E-state index is 12.2. The zero-order valence-electron chi connectivity index (χ0n) is 14.7. The fourth-order valence-electron chi connectivity index (χ4n) is 2.03. The molecule has 0 aliphatic heterocycles. The van der Waals surface area contributed by atoms with Gasteiger partial charge < -0.3 is 4.74 Å². The quantitative estimate of drug-likeness (QED) is 0.532. The third-order valence-corrected chi connectivity index (χ3v) is 3.99.